The fraction of sp³-hybridized carbons (Fsp3) is 0.344. The number of hydrogen-bond acceptors (Lipinski definition) is 3. The summed E-state index contributed by atoms with van der Waals surface area (Å²) in [4.78, 5) is 43.5. The maximum Gasteiger partial charge on any atom is 0.255 e. The molecule has 2 saturated heterocycles. The summed E-state index contributed by atoms with van der Waals surface area (Å²) in [6.45, 7) is 3.81. The molecule has 196 valence electrons. The van der Waals surface area contributed by atoms with Gasteiger partial charge in [0.25, 0.3) is 5.91 Å². The Morgan fingerprint density at radius 1 is 0.868 bits per heavy atom. The highest BCUT2D eigenvalue weighted by Gasteiger charge is 2.64. The van der Waals surface area contributed by atoms with Crippen molar-refractivity contribution >= 4 is 17.7 Å². The first kappa shape index (κ1) is 25.7. The number of fused-ring (bicyclic) bond motifs is 2. The van der Waals surface area contributed by atoms with Crippen LogP contribution in [0.25, 0.3) is 0 Å². The second-order valence-electron chi connectivity index (χ2n) is 10.7. The van der Waals surface area contributed by atoms with Crippen LogP contribution in [0.15, 0.2) is 91.0 Å². The molecule has 3 aromatic carbocycles. The average Bonchev–Trinajstić information content (AvgIpc) is 3.48. The molecular weight excluding hydrogens is 474 g/mol. The molecule has 38 heavy (non-hydrogen) atoms. The minimum absolute atomic E-state index is 0.0317. The van der Waals surface area contributed by atoms with Gasteiger partial charge in [-0.15, -0.1) is 0 Å². The van der Waals surface area contributed by atoms with E-state index in [1.165, 1.54) is 0 Å². The minimum Gasteiger partial charge on any atom is -0.352 e. The largest absolute Gasteiger partial charge is 0.352 e. The third kappa shape index (κ3) is 4.83. The van der Waals surface area contributed by atoms with Crippen LogP contribution in [0.5, 0.6) is 0 Å². The number of amides is 3. The van der Waals surface area contributed by atoms with Crippen molar-refractivity contribution in [3.63, 3.8) is 0 Å². The molecule has 2 fully saturated rings. The summed E-state index contributed by atoms with van der Waals surface area (Å²) < 4.78 is 0. The SMILES string of the molecule is CC(C)NC(=O)C(Cc1ccccc1)NC(=O)C12CCC(CC1c1ccccc1)N2C(=O)c1ccccc1. The molecule has 2 heterocycles. The summed E-state index contributed by atoms with van der Waals surface area (Å²) in [6, 6.07) is 28.0. The number of carbonyl (C=O) groups is 3. The zero-order valence-electron chi connectivity index (χ0n) is 22.0. The molecule has 6 nitrogen and oxygen atoms in total. The quantitative estimate of drug-likeness (QED) is 0.470. The molecule has 3 amide bonds. The van der Waals surface area contributed by atoms with Gasteiger partial charge >= 0.3 is 0 Å². The van der Waals surface area contributed by atoms with Gasteiger partial charge in [-0.2, -0.15) is 0 Å². The fourth-order valence-corrected chi connectivity index (χ4v) is 6.27. The van der Waals surface area contributed by atoms with Crippen LogP contribution in [0.4, 0.5) is 0 Å². The van der Waals surface area contributed by atoms with Crippen molar-refractivity contribution in [3.05, 3.63) is 108 Å². The lowest BCUT2D eigenvalue weighted by atomic mass is 9.73. The van der Waals surface area contributed by atoms with Crippen LogP contribution in [0.1, 0.15) is 60.5 Å². The van der Waals surface area contributed by atoms with E-state index >= 15 is 0 Å². The maximum absolute atomic E-state index is 14.5. The van der Waals surface area contributed by atoms with Gasteiger partial charge in [0.1, 0.15) is 11.6 Å². The van der Waals surface area contributed by atoms with E-state index < -0.39 is 11.6 Å². The smallest absolute Gasteiger partial charge is 0.255 e. The van der Waals surface area contributed by atoms with Crippen molar-refractivity contribution in [1.82, 2.24) is 15.5 Å². The Labute approximate surface area is 224 Å². The first-order valence-corrected chi connectivity index (χ1v) is 13.5. The Hall–Kier alpha value is -3.93. The first-order valence-electron chi connectivity index (χ1n) is 13.5. The third-order valence-corrected chi connectivity index (χ3v) is 7.91. The topological polar surface area (TPSA) is 78.5 Å². The van der Waals surface area contributed by atoms with Gasteiger partial charge < -0.3 is 15.5 Å². The van der Waals surface area contributed by atoms with E-state index in [1.807, 2.05) is 97.6 Å². The highest BCUT2D eigenvalue weighted by Crippen LogP contribution is 2.55. The van der Waals surface area contributed by atoms with Crippen LogP contribution in [-0.2, 0) is 16.0 Å². The summed E-state index contributed by atoms with van der Waals surface area (Å²) in [5, 5.41) is 6.09. The molecule has 2 N–H and O–H groups in total. The molecule has 2 bridgehead atoms. The van der Waals surface area contributed by atoms with Crippen LogP contribution in [-0.4, -0.2) is 46.3 Å². The standard InChI is InChI=1S/C32H35N3O3/c1-22(2)33-29(36)28(20-23-12-6-3-7-13-23)34-31(38)32-19-18-26(21-27(32)24-14-8-4-9-15-24)35(32)30(37)25-16-10-5-11-17-25/h3-17,22,26-28H,18-21H2,1-2H3,(H,33,36)(H,34,38). The van der Waals surface area contributed by atoms with Crippen molar-refractivity contribution in [2.75, 3.05) is 0 Å². The van der Waals surface area contributed by atoms with Crippen molar-refractivity contribution in [1.29, 1.82) is 0 Å². The zero-order chi connectivity index (χ0) is 26.7. The molecule has 4 atom stereocenters. The number of nitrogens with zero attached hydrogens (tertiary/aromatic N) is 1. The van der Waals surface area contributed by atoms with E-state index in [9.17, 15) is 14.4 Å². The van der Waals surface area contributed by atoms with Gasteiger partial charge in [-0.05, 0) is 56.4 Å². The Balaban J connectivity index is 1.52. The number of rotatable bonds is 8. The first-order chi connectivity index (χ1) is 18.4. The molecule has 0 aromatic heterocycles. The highest BCUT2D eigenvalue weighted by atomic mass is 16.2. The monoisotopic (exact) mass is 509 g/mol. The van der Waals surface area contributed by atoms with Crippen molar-refractivity contribution in [3.8, 4) is 0 Å². The van der Waals surface area contributed by atoms with Gasteiger partial charge in [0.15, 0.2) is 0 Å². The number of nitrogens with one attached hydrogen (secondary N) is 2. The van der Waals surface area contributed by atoms with E-state index in [-0.39, 0.29) is 35.7 Å². The van der Waals surface area contributed by atoms with Crippen LogP contribution >= 0.6 is 0 Å². The molecule has 0 spiro atoms. The molecule has 2 aliphatic rings. The Kier molecular flexibility index (Phi) is 7.32. The predicted molar refractivity (Wildman–Crippen MR) is 148 cm³/mol. The van der Waals surface area contributed by atoms with E-state index in [1.54, 1.807) is 12.1 Å². The molecule has 0 radical (unpaired) electrons. The van der Waals surface area contributed by atoms with Crippen LogP contribution in [0, 0.1) is 0 Å². The van der Waals surface area contributed by atoms with Crippen molar-refractivity contribution < 1.29 is 14.4 Å². The van der Waals surface area contributed by atoms with E-state index in [2.05, 4.69) is 10.6 Å². The molecule has 2 aliphatic heterocycles. The minimum atomic E-state index is -1.06. The summed E-state index contributed by atoms with van der Waals surface area (Å²) in [5.41, 5.74) is 1.51. The summed E-state index contributed by atoms with van der Waals surface area (Å²) in [7, 11) is 0. The fourth-order valence-electron chi connectivity index (χ4n) is 6.27. The Morgan fingerprint density at radius 3 is 2.11 bits per heavy atom. The molecule has 6 heteroatoms. The summed E-state index contributed by atoms with van der Waals surface area (Å²) in [5.74, 6) is -0.762. The number of hydrogen-bond donors (Lipinski definition) is 2. The van der Waals surface area contributed by atoms with Crippen LogP contribution in [0.2, 0.25) is 0 Å². The van der Waals surface area contributed by atoms with E-state index in [4.69, 9.17) is 0 Å². The summed E-state index contributed by atoms with van der Waals surface area (Å²) in [6.07, 6.45) is 2.41. The van der Waals surface area contributed by atoms with Gasteiger partial charge in [0, 0.05) is 30.0 Å². The lowest BCUT2D eigenvalue weighted by Crippen LogP contribution is -2.61. The second-order valence-corrected chi connectivity index (χ2v) is 10.7. The van der Waals surface area contributed by atoms with Gasteiger partial charge in [-0.1, -0.05) is 78.9 Å². The third-order valence-electron chi connectivity index (χ3n) is 7.91. The number of carbonyl (C=O) groups excluding carboxylic acids is 3. The Morgan fingerprint density at radius 2 is 1.47 bits per heavy atom. The molecular formula is C32H35N3O3. The molecule has 4 unspecified atom stereocenters. The van der Waals surface area contributed by atoms with Crippen molar-refractivity contribution in [2.24, 2.45) is 0 Å². The zero-order valence-corrected chi connectivity index (χ0v) is 22.0. The molecule has 0 aliphatic carbocycles. The number of benzene rings is 3. The highest BCUT2D eigenvalue weighted by molar-refractivity contribution is 6.02. The second kappa shape index (κ2) is 10.8. The molecule has 0 saturated carbocycles. The van der Waals surface area contributed by atoms with Gasteiger partial charge in [-0.3, -0.25) is 14.4 Å². The normalized spacial score (nSPS) is 22.8. The summed E-state index contributed by atoms with van der Waals surface area (Å²) >= 11 is 0. The predicted octanol–water partition coefficient (Wildman–Crippen LogP) is 4.47. The van der Waals surface area contributed by atoms with Gasteiger partial charge in [-0.25, -0.2) is 0 Å². The molecule has 3 aromatic rings. The lowest BCUT2D eigenvalue weighted by molar-refractivity contribution is -0.135. The van der Waals surface area contributed by atoms with Crippen molar-refractivity contribution in [2.45, 2.75) is 69.1 Å². The Bertz CT molecular complexity index is 1280. The van der Waals surface area contributed by atoms with Crippen LogP contribution in [0.3, 0.4) is 0 Å². The average molecular weight is 510 g/mol. The van der Waals surface area contributed by atoms with E-state index in [0.717, 1.165) is 24.0 Å². The lowest BCUT2D eigenvalue weighted by Gasteiger charge is -2.39. The van der Waals surface area contributed by atoms with Crippen LogP contribution < -0.4 is 10.6 Å². The van der Waals surface area contributed by atoms with E-state index in [0.29, 0.717) is 18.4 Å². The maximum atomic E-state index is 14.5. The van der Waals surface area contributed by atoms with Gasteiger partial charge in [0.2, 0.25) is 11.8 Å². The molecule has 5 rings (SSSR count). The van der Waals surface area contributed by atoms with Gasteiger partial charge in [0.05, 0.1) is 0 Å².